The van der Waals surface area contributed by atoms with Crippen molar-refractivity contribution in [2.24, 2.45) is 0 Å². The third-order valence-corrected chi connectivity index (χ3v) is 4.79. The lowest BCUT2D eigenvalue weighted by atomic mass is 10.3. The Morgan fingerprint density at radius 3 is 2.64 bits per heavy atom. The number of rotatable bonds is 5. The number of imidazole rings is 1. The van der Waals surface area contributed by atoms with Gasteiger partial charge in [-0.05, 0) is 36.8 Å². The van der Waals surface area contributed by atoms with Crippen molar-refractivity contribution in [2.45, 2.75) is 24.8 Å². The van der Waals surface area contributed by atoms with Crippen LogP contribution in [0.2, 0.25) is 0 Å². The van der Waals surface area contributed by atoms with E-state index in [9.17, 15) is 8.42 Å². The van der Waals surface area contributed by atoms with Crippen LogP contribution in [0, 0.1) is 0 Å². The highest BCUT2D eigenvalue weighted by Crippen LogP contribution is 2.21. The van der Waals surface area contributed by atoms with Gasteiger partial charge in [0.25, 0.3) is 10.0 Å². The smallest absolute Gasteiger partial charge is 0.261 e. The van der Waals surface area contributed by atoms with Gasteiger partial charge in [0.2, 0.25) is 0 Å². The van der Waals surface area contributed by atoms with Crippen LogP contribution in [0.3, 0.4) is 0 Å². The number of nitrogens with zero attached hydrogens (tertiary/aromatic N) is 2. The van der Waals surface area contributed by atoms with Crippen LogP contribution in [0.4, 0.5) is 5.69 Å². The molecular formula is C16H17N3O2S. The molecule has 0 bridgehead atoms. The van der Waals surface area contributed by atoms with Gasteiger partial charge in [-0.25, -0.2) is 13.4 Å². The standard InChI is InChI=1S/C16H17N3O2S/c1-2-10-19-12-17-15-9-8-13(11-16(15)19)18-22(20,21)14-6-4-3-5-7-14/h3-9,11-12,18H,2,10H2,1H3. The second-order valence-corrected chi connectivity index (χ2v) is 6.74. The highest BCUT2D eigenvalue weighted by atomic mass is 32.2. The summed E-state index contributed by atoms with van der Waals surface area (Å²) in [6.45, 7) is 2.94. The average Bonchev–Trinajstić information content (AvgIpc) is 2.91. The van der Waals surface area contributed by atoms with Gasteiger partial charge >= 0.3 is 0 Å². The Balaban J connectivity index is 1.95. The highest BCUT2D eigenvalue weighted by Gasteiger charge is 2.14. The van der Waals surface area contributed by atoms with Crippen LogP contribution in [-0.2, 0) is 16.6 Å². The fourth-order valence-electron chi connectivity index (χ4n) is 2.35. The van der Waals surface area contributed by atoms with Crippen LogP contribution in [0.25, 0.3) is 11.0 Å². The molecule has 5 nitrogen and oxygen atoms in total. The van der Waals surface area contributed by atoms with Crippen molar-refractivity contribution in [2.75, 3.05) is 4.72 Å². The molecule has 3 rings (SSSR count). The second-order valence-electron chi connectivity index (χ2n) is 5.06. The normalized spacial score (nSPS) is 11.7. The number of anilines is 1. The van der Waals surface area contributed by atoms with Gasteiger partial charge in [-0.1, -0.05) is 25.1 Å². The first-order valence-electron chi connectivity index (χ1n) is 7.13. The van der Waals surface area contributed by atoms with Crippen LogP contribution in [0.15, 0.2) is 59.8 Å². The van der Waals surface area contributed by atoms with E-state index in [-0.39, 0.29) is 4.90 Å². The first-order valence-corrected chi connectivity index (χ1v) is 8.61. The van der Waals surface area contributed by atoms with Gasteiger partial charge < -0.3 is 4.57 Å². The molecule has 2 aromatic carbocycles. The summed E-state index contributed by atoms with van der Waals surface area (Å²) in [7, 11) is -3.57. The molecule has 0 aliphatic heterocycles. The summed E-state index contributed by atoms with van der Waals surface area (Å²) in [6.07, 6.45) is 2.77. The minimum Gasteiger partial charge on any atom is -0.331 e. The molecule has 0 fully saturated rings. The molecule has 0 atom stereocenters. The fraction of sp³-hybridized carbons (Fsp3) is 0.188. The monoisotopic (exact) mass is 315 g/mol. The van der Waals surface area contributed by atoms with E-state index >= 15 is 0 Å². The van der Waals surface area contributed by atoms with E-state index in [1.54, 1.807) is 42.7 Å². The first kappa shape index (κ1) is 14.6. The third-order valence-electron chi connectivity index (χ3n) is 3.39. The van der Waals surface area contributed by atoms with Crippen LogP contribution in [-0.4, -0.2) is 18.0 Å². The Morgan fingerprint density at radius 2 is 1.91 bits per heavy atom. The number of nitrogens with one attached hydrogen (secondary N) is 1. The Labute approximate surface area is 129 Å². The Bertz CT molecular complexity index is 886. The van der Waals surface area contributed by atoms with E-state index in [4.69, 9.17) is 0 Å². The molecule has 1 aromatic heterocycles. The molecule has 0 amide bonds. The maximum Gasteiger partial charge on any atom is 0.261 e. The summed E-state index contributed by atoms with van der Waals surface area (Å²) in [6, 6.07) is 13.7. The van der Waals surface area contributed by atoms with Crippen molar-refractivity contribution in [1.82, 2.24) is 9.55 Å². The molecule has 0 saturated carbocycles. The largest absolute Gasteiger partial charge is 0.331 e. The van der Waals surface area contributed by atoms with Crippen molar-refractivity contribution in [3.05, 3.63) is 54.9 Å². The lowest BCUT2D eigenvalue weighted by Gasteiger charge is -2.09. The molecule has 3 aromatic rings. The van der Waals surface area contributed by atoms with Crippen LogP contribution in [0.1, 0.15) is 13.3 Å². The minimum atomic E-state index is -3.57. The molecule has 0 aliphatic rings. The molecule has 22 heavy (non-hydrogen) atoms. The topological polar surface area (TPSA) is 64.0 Å². The highest BCUT2D eigenvalue weighted by molar-refractivity contribution is 7.92. The molecule has 0 radical (unpaired) electrons. The molecule has 0 spiro atoms. The Kier molecular flexibility index (Phi) is 3.85. The van der Waals surface area contributed by atoms with E-state index in [0.717, 1.165) is 24.0 Å². The third kappa shape index (κ3) is 2.82. The summed E-state index contributed by atoms with van der Waals surface area (Å²) >= 11 is 0. The average molecular weight is 315 g/mol. The molecule has 114 valence electrons. The predicted octanol–water partition coefficient (Wildman–Crippen LogP) is 3.25. The van der Waals surface area contributed by atoms with Gasteiger partial charge in [0.05, 0.1) is 27.9 Å². The summed E-state index contributed by atoms with van der Waals surface area (Å²) in [5, 5.41) is 0. The first-order chi connectivity index (χ1) is 10.6. The zero-order chi connectivity index (χ0) is 15.6. The molecule has 6 heteroatoms. The quantitative estimate of drug-likeness (QED) is 0.786. The van der Waals surface area contributed by atoms with E-state index in [0.29, 0.717) is 5.69 Å². The number of hydrogen-bond donors (Lipinski definition) is 1. The zero-order valence-electron chi connectivity index (χ0n) is 12.2. The maximum absolute atomic E-state index is 12.4. The molecule has 1 N–H and O–H groups in total. The van der Waals surface area contributed by atoms with Crippen molar-refractivity contribution in [3.63, 3.8) is 0 Å². The summed E-state index contributed by atoms with van der Waals surface area (Å²) < 4.78 is 29.3. The zero-order valence-corrected chi connectivity index (χ0v) is 13.0. The Hall–Kier alpha value is -2.34. The van der Waals surface area contributed by atoms with E-state index in [2.05, 4.69) is 16.6 Å². The summed E-state index contributed by atoms with van der Waals surface area (Å²) in [4.78, 5) is 4.57. The number of hydrogen-bond acceptors (Lipinski definition) is 3. The molecule has 0 unspecified atom stereocenters. The maximum atomic E-state index is 12.4. The van der Waals surface area contributed by atoms with Crippen molar-refractivity contribution < 1.29 is 8.42 Å². The van der Waals surface area contributed by atoms with Gasteiger partial charge in [0.1, 0.15) is 0 Å². The van der Waals surface area contributed by atoms with Crippen LogP contribution < -0.4 is 4.72 Å². The lowest BCUT2D eigenvalue weighted by Crippen LogP contribution is -2.12. The van der Waals surface area contributed by atoms with Gasteiger partial charge in [-0.2, -0.15) is 0 Å². The number of benzene rings is 2. The van der Waals surface area contributed by atoms with Gasteiger partial charge in [-0.3, -0.25) is 4.72 Å². The fourth-order valence-corrected chi connectivity index (χ4v) is 3.42. The number of aryl methyl sites for hydroxylation is 1. The predicted molar refractivity (Wildman–Crippen MR) is 87.3 cm³/mol. The van der Waals surface area contributed by atoms with Gasteiger partial charge in [0, 0.05) is 6.54 Å². The number of sulfonamides is 1. The molecule has 0 aliphatic carbocycles. The van der Waals surface area contributed by atoms with Crippen LogP contribution in [0.5, 0.6) is 0 Å². The van der Waals surface area contributed by atoms with Crippen molar-refractivity contribution >= 4 is 26.7 Å². The molecular weight excluding hydrogens is 298 g/mol. The second kappa shape index (κ2) is 5.81. The summed E-state index contributed by atoms with van der Waals surface area (Å²) in [5.41, 5.74) is 2.32. The van der Waals surface area contributed by atoms with E-state index in [1.165, 1.54) is 0 Å². The van der Waals surface area contributed by atoms with Crippen molar-refractivity contribution in [3.8, 4) is 0 Å². The SMILES string of the molecule is CCCn1cnc2ccc(NS(=O)(=O)c3ccccc3)cc21. The van der Waals surface area contributed by atoms with E-state index in [1.807, 2.05) is 16.7 Å². The number of aromatic nitrogens is 2. The van der Waals surface area contributed by atoms with Crippen LogP contribution >= 0.6 is 0 Å². The van der Waals surface area contributed by atoms with Gasteiger partial charge in [-0.15, -0.1) is 0 Å². The lowest BCUT2D eigenvalue weighted by molar-refractivity contribution is 0.601. The minimum absolute atomic E-state index is 0.247. The summed E-state index contributed by atoms with van der Waals surface area (Å²) in [5.74, 6) is 0. The van der Waals surface area contributed by atoms with Crippen molar-refractivity contribution in [1.29, 1.82) is 0 Å². The molecule has 1 heterocycles. The van der Waals surface area contributed by atoms with E-state index < -0.39 is 10.0 Å². The number of fused-ring (bicyclic) bond motifs is 1. The Morgan fingerprint density at radius 1 is 1.14 bits per heavy atom. The molecule has 0 saturated heterocycles. The van der Waals surface area contributed by atoms with Gasteiger partial charge in [0.15, 0.2) is 0 Å².